The first-order chi connectivity index (χ1) is 6.77. The molecule has 0 atom stereocenters. The van der Waals surface area contributed by atoms with Crippen LogP contribution in [0.25, 0.3) is 0 Å². The predicted molar refractivity (Wildman–Crippen MR) is 56.2 cm³/mol. The number of nitrogens with two attached hydrogens (primary N) is 1. The van der Waals surface area contributed by atoms with E-state index in [1.807, 2.05) is 25.1 Å². The zero-order valence-electron chi connectivity index (χ0n) is 7.73. The van der Waals surface area contributed by atoms with Gasteiger partial charge in [-0.05, 0) is 30.3 Å². The molecule has 0 radical (unpaired) electrons. The Morgan fingerprint density at radius 3 is 2.93 bits per heavy atom. The molecule has 0 aliphatic heterocycles. The van der Waals surface area contributed by atoms with Crippen LogP contribution in [-0.2, 0) is 0 Å². The zero-order chi connectivity index (χ0) is 9.97. The summed E-state index contributed by atoms with van der Waals surface area (Å²) < 4.78 is 5.14. The molecule has 3 nitrogen and oxygen atoms in total. The summed E-state index contributed by atoms with van der Waals surface area (Å²) in [6.07, 6.45) is 3.17. The Morgan fingerprint density at radius 1 is 1.43 bits per heavy atom. The van der Waals surface area contributed by atoms with Gasteiger partial charge in [-0.3, -0.25) is 0 Å². The fraction of sp³-hybridized carbons (Fsp3) is 0.100. The van der Waals surface area contributed by atoms with Crippen LogP contribution in [0.5, 0.6) is 0 Å². The van der Waals surface area contributed by atoms with Crippen molar-refractivity contribution in [3.8, 4) is 0 Å². The highest BCUT2D eigenvalue weighted by Gasteiger charge is 2.07. The molecule has 0 aliphatic carbocycles. The maximum atomic E-state index is 5.85. The lowest BCUT2D eigenvalue weighted by molar-refractivity contribution is 0.454. The highest BCUT2D eigenvalue weighted by atomic mass is 32.2. The monoisotopic (exact) mass is 206 g/mol. The maximum Gasteiger partial charge on any atom is 0.260 e. The van der Waals surface area contributed by atoms with Crippen molar-refractivity contribution in [3.63, 3.8) is 0 Å². The fourth-order valence-electron chi connectivity index (χ4n) is 1.16. The lowest BCUT2D eigenvalue weighted by atomic mass is 10.2. The van der Waals surface area contributed by atoms with E-state index in [1.54, 1.807) is 12.5 Å². The van der Waals surface area contributed by atoms with Crippen LogP contribution in [0.4, 0.5) is 5.69 Å². The van der Waals surface area contributed by atoms with Gasteiger partial charge in [0.05, 0.1) is 6.20 Å². The van der Waals surface area contributed by atoms with Crippen LogP contribution in [0.3, 0.4) is 0 Å². The predicted octanol–water partition coefficient (Wildman–Crippen LogP) is 2.72. The normalized spacial score (nSPS) is 10.4. The van der Waals surface area contributed by atoms with Crippen LogP contribution in [-0.4, -0.2) is 4.98 Å². The number of nitrogens with zero attached hydrogens (tertiary/aromatic N) is 1. The second kappa shape index (κ2) is 3.75. The average molecular weight is 206 g/mol. The molecule has 0 amide bonds. The van der Waals surface area contributed by atoms with Crippen molar-refractivity contribution in [2.45, 2.75) is 17.0 Å². The molecular formula is C10H10N2OS. The Bertz CT molecular complexity index is 405. The lowest BCUT2D eigenvalue weighted by Gasteiger charge is -2.05. The van der Waals surface area contributed by atoms with Gasteiger partial charge in [0.25, 0.3) is 5.22 Å². The molecule has 1 aromatic heterocycles. The lowest BCUT2D eigenvalue weighted by Crippen LogP contribution is -1.90. The third-order valence-corrected chi connectivity index (χ3v) is 2.98. The van der Waals surface area contributed by atoms with Crippen molar-refractivity contribution in [1.29, 1.82) is 0 Å². The number of anilines is 1. The van der Waals surface area contributed by atoms with Gasteiger partial charge in [-0.15, -0.1) is 0 Å². The average Bonchev–Trinajstić information content (AvgIpc) is 2.64. The van der Waals surface area contributed by atoms with E-state index in [0.29, 0.717) is 5.22 Å². The van der Waals surface area contributed by atoms with Crippen molar-refractivity contribution < 1.29 is 4.42 Å². The number of aromatic nitrogens is 1. The Kier molecular flexibility index (Phi) is 2.45. The van der Waals surface area contributed by atoms with E-state index in [9.17, 15) is 0 Å². The van der Waals surface area contributed by atoms with E-state index < -0.39 is 0 Å². The van der Waals surface area contributed by atoms with Crippen molar-refractivity contribution in [1.82, 2.24) is 4.98 Å². The summed E-state index contributed by atoms with van der Waals surface area (Å²) in [6, 6.07) is 5.82. The number of aryl methyl sites for hydroxylation is 1. The summed E-state index contributed by atoms with van der Waals surface area (Å²) in [5.41, 5.74) is 7.74. The van der Waals surface area contributed by atoms with E-state index in [2.05, 4.69) is 4.98 Å². The second-order valence-electron chi connectivity index (χ2n) is 2.89. The van der Waals surface area contributed by atoms with Gasteiger partial charge in [0.2, 0.25) is 0 Å². The number of oxazole rings is 1. The van der Waals surface area contributed by atoms with Gasteiger partial charge in [-0.25, -0.2) is 4.98 Å². The van der Waals surface area contributed by atoms with Crippen LogP contribution in [0.2, 0.25) is 0 Å². The van der Waals surface area contributed by atoms with Gasteiger partial charge in [-0.2, -0.15) is 0 Å². The third-order valence-electron chi connectivity index (χ3n) is 1.84. The highest BCUT2D eigenvalue weighted by molar-refractivity contribution is 7.99. The zero-order valence-corrected chi connectivity index (χ0v) is 8.54. The summed E-state index contributed by atoms with van der Waals surface area (Å²) in [5, 5.41) is 0.617. The number of benzene rings is 1. The quantitative estimate of drug-likeness (QED) is 0.767. The minimum atomic E-state index is 0.617. The molecule has 0 saturated carbocycles. The van der Waals surface area contributed by atoms with E-state index in [4.69, 9.17) is 10.2 Å². The number of rotatable bonds is 2. The first-order valence-electron chi connectivity index (χ1n) is 4.20. The standard InChI is InChI=1S/C10H10N2OS/c1-7-3-2-4-8(11)9(7)14-10-12-5-6-13-10/h2-6H,11H2,1H3. The second-order valence-corrected chi connectivity index (χ2v) is 3.85. The molecule has 2 aromatic rings. The fourth-order valence-corrected chi connectivity index (χ4v) is 1.97. The van der Waals surface area contributed by atoms with Gasteiger partial charge in [0.1, 0.15) is 6.26 Å². The molecule has 0 saturated heterocycles. The topological polar surface area (TPSA) is 52.0 Å². The maximum absolute atomic E-state index is 5.85. The summed E-state index contributed by atoms with van der Waals surface area (Å²) in [6.45, 7) is 2.02. The van der Waals surface area contributed by atoms with Crippen molar-refractivity contribution in [2.24, 2.45) is 0 Å². The van der Waals surface area contributed by atoms with E-state index in [-0.39, 0.29) is 0 Å². The van der Waals surface area contributed by atoms with Gasteiger partial charge in [-0.1, -0.05) is 12.1 Å². The summed E-state index contributed by atoms with van der Waals surface area (Å²) >= 11 is 1.44. The first-order valence-corrected chi connectivity index (χ1v) is 5.01. The molecule has 4 heteroatoms. The molecule has 0 fully saturated rings. The highest BCUT2D eigenvalue weighted by Crippen LogP contribution is 2.33. The molecule has 2 N–H and O–H groups in total. The van der Waals surface area contributed by atoms with Gasteiger partial charge < -0.3 is 10.2 Å². The summed E-state index contributed by atoms with van der Waals surface area (Å²) in [4.78, 5) is 5.04. The van der Waals surface area contributed by atoms with Crippen molar-refractivity contribution in [2.75, 3.05) is 5.73 Å². The molecule has 0 spiro atoms. The third kappa shape index (κ3) is 1.75. The van der Waals surface area contributed by atoms with Crippen LogP contribution < -0.4 is 5.73 Å². The minimum absolute atomic E-state index is 0.617. The SMILES string of the molecule is Cc1cccc(N)c1Sc1ncco1. The minimum Gasteiger partial charge on any atom is -0.440 e. The largest absolute Gasteiger partial charge is 0.440 e. The molecular weight excluding hydrogens is 196 g/mol. The molecule has 14 heavy (non-hydrogen) atoms. The van der Waals surface area contributed by atoms with Crippen LogP contribution in [0.15, 0.2) is 45.2 Å². The number of hydrogen-bond donors (Lipinski definition) is 1. The molecule has 1 heterocycles. The van der Waals surface area contributed by atoms with Crippen LogP contribution in [0, 0.1) is 6.92 Å². The molecule has 0 unspecified atom stereocenters. The van der Waals surface area contributed by atoms with Gasteiger partial charge in [0.15, 0.2) is 0 Å². The summed E-state index contributed by atoms with van der Waals surface area (Å²) in [7, 11) is 0. The molecule has 72 valence electrons. The Morgan fingerprint density at radius 2 is 2.29 bits per heavy atom. The number of nitrogen functional groups attached to an aromatic ring is 1. The van der Waals surface area contributed by atoms with E-state index >= 15 is 0 Å². The van der Waals surface area contributed by atoms with E-state index in [1.165, 1.54) is 11.8 Å². The Balaban J connectivity index is 2.33. The molecule has 1 aromatic carbocycles. The summed E-state index contributed by atoms with van der Waals surface area (Å²) in [5.74, 6) is 0. The van der Waals surface area contributed by atoms with Crippen molar-refractivity contribution in [3.05, 3.63) is 36.2 Å². The smallest absolute Gasteiger partial charge is 0.260 e. The van der Waals surface area contributed by atoms with E-state index in [0.717, 1.165) is 16.1 Å². The molecule has 0 bridgehead atoms. The first kappa shape index (κ1) is 9.15. The number of hydrogen-bond acceptors (Lipinski definition) is 4. The molecule has 2 rings (SSSR count). The van der Waals surface area contributed by atoms with Crippen molar-refractivity contribution >= 4 is 17.4 Å². The van der Waals surface area contributed by atoms with Gasteiger partial charge >= 0.3 is 0 Å². The van der Waals surface area contributed by atoms with Gasteiger partial charge in [0, 0.05) is 10.6 Å². The van der Waals surface area contributed by atoms with Crippen LogP contribution >= 0.6 is 11.8 Å². The molecule has 0 aliphatic rings. The van der Waals surface area contributed by atoms with Crippen LogP contribution in [0.1, 0.15) is 5.56 Å². The Hall–Kier alpha value is -1.42. The Labute approximate surface area is 86.3 Å².